The molecule has 0 saturated heterocycles. The van der Waals surface area contributed by atoms with Crippen molar-refractivity contribution in [2.45, 2.75) is 13.0 Å². The Morgan fingerprint density at radius 3 is 2.52 bits per heavy atom. The Labute approximate surface area is 179 Å². The molecule has 31 heavy (non-hydrogen) atoms. The number of methoxy groups -OCH3 is 2. The van der Waals surface area contributed by atoms with Crippen LogP contribution in [0, 0.1) is 0 Å². The molecule has 0 radical (unpaired) electrons. The third kappa shape index (κ3) is 5.69. The van der Waals surface area contributed by atoms with E-state index in [1.54, 1.807) is 45.4 Å². The second kappa shape index (κ2) is 10.1. The Bertz CT molecular complexity index is 1080. The Kier molecular flexibility index (Phi) is 7.00. The van der Waals surface area contributed by atoms with Crippen LogP contribution in [-0.4, -0.2) is 47.3 Å². The minimum atomic E-state index is -0.782. The first-order valence-corrected chi connectivity index (χ1v) is 9.49. The van der Waals surface area contributed by atoms with Gasteiger partial charge in [0.25, 0.3) is 0 Å². The molecule has 2 aromatic carbocycles. The Hall–Kier alpha value is -4.14. The number of amides is 2. The van der Waals surface area contributed by atoms with Crippen LogP contribution in [0.1, 0.15) is 12.5 Å². The molecule has 160 valence electrons. The lowest BCUT2D eigenvalue weighted by Gasteiger charge is -2.11. The zero-order valence-corrected chi connectivity index (χ0v) is 17.4. The standard InChI is InChI=1S/C22H23N5O4/c1-14(23-19(28)12-9-15-7-5-4-6-8-15)21(29)25-22-24-20(26-27-22)16-10-11-17(30-2)18(13-16)31-3/h4-14H,1-3H3,(H,23,28)(H2,24,25,26,27,29)/b12-9+. The molecule has 1 unspecified atom stereocenters. The van der Waals surface area contributed by atoms with Gasteiger partial charge in [0.2, 0.25) is 17.8 Å². The van der Waals surface area contributed by atoms with E-state index in [0.29, 0.717) is 22.9 Å². The quantitative estimate of drug-likeness (QED) is 0.481. The number of H-pyrrole nitrogens is 1. The van der Waals surface area contributed by atoms with Gasteiger partial charge >= 0.3 is 0 Å². The van der Waals surface area contributed by atoms with Crippen molar-refractivity contribution in [2.75, 3.05) is 19.5 Å². The van der Waals surface area contributed by atoms with Crippen LogP contribution in [0.5, 0.6) is 11.5 Å². The summed E-state index contributed by atoms with van der Waals surface area (Å²) in [6.07, 6.45) is 3.05. The van der Waals surface area contributed by atoms with Gasteiger partial charge in [-0.1, -0.05) is 30.3 Å². The number of aromatic amines is 1. The summed E-state index contributed by atoms with van der Waals surface area (Å²) in [5.74, 6) is 0.841. The number of carbonyl (C=O) groups excluding carboxylic acids is 2. The molecule has 1 heterocycles. The predicted molar refractivity (Wildman–Crippen MR) is 117 cm³/mol. The first kappa shape index (κ1) is 21.6. The molecular weight excluding hydrogens is 398 g/mol. The number of aromatic nitrogens is 3. The zero-order valence-electron chi connectivity index (χ0n) is 17.4. The number of rotatable bonds is 8. The largest absolute Gasteiger partial charge is 0.493 e. The normalized spacial score (nSPS) is 11.7. The van der Waals surface area contributed by atoms with Crippen LogP contribution in [0.15, 0.2) is 54.6 Å². The summed E-state index contributed by atoms with van der Waals surface area (Å²) < 4.78 is 10.5. The summed E-state index contributed by atoms with van der Waals surface area (Å²) in [6.45, 7) is 1.57. The summed E-state index contributed by atoms with van der Waals surface area (Å²) in [7, 11) is 3.09. The number of nitrogens with one attached hydrogen (secondary N) is 3. The average molecular weight is 421 g/mol. The first-order chi connectivity index (χ1) is 15.0. The van der Waals surface area contributed by atoms with E-state index < -0.39 is 11.9 Å². The molecule has 3 aromatic rings. The van der Waals surface area contributed by atoms with Gasteiger partial charge in [-0.05, 0) is 36.8 Å². The second-order valence-electron chi connectivity index (χ2n) is 6.54. The van der Waals surface area contributed by atoms with E-state index in [0.717, 1.165) is 5.56 Å². The molecule has 1 atom stereocenters. The first-order valence-electron chi connectivity index (χ1n) is 9.49. The maximum atomic E-state index is 12.4. The van der Waals surface area contributed by atoms with E-state index >= 15 is 0 Å². The van der Waals surface area contributed by atoms with Crippen LogP contribution >= 0.6 is 0 Å². The molecule has 0 bridgehead atoms. The molecule has 9 nitrogen and oxygen atoms in total. The van der Waals surface area contributed by atoms with Gasteiger partial charge in [0.15, 0.2) is 17.3 Å². The van der Waals surface area contributed by atoms with E-state index in [4.69, 9.17) is 9.47 Å². The Morgan fingerprint density at radius 1 is 1.06 bits per heavy atom. The molecule has 9 heteroatoms. The smallest absolute Gasteiger partial charge is 0.249 e. The van der Waals surface area contributed by atoms with Crippen molar-refractivity contribution in [1.82, 2.24) is 20.5 Å². The van der Waals surface area contributed by atoms with Gasteiger partial charge in [-0.3, -0.25) is 20.0 Å². The molecule has 2 amide bonds. The summed E-state index contributed by atoms with van der Waals surface area (Å²) in [5.41, 5.74) is 1.59. The van der Waals surface area contributed by atoms with Crippen molar-refractivity contribution < 1.29 is 19.1 Å². The highest BCUT2D eigenvalue weighted by molar-refractivity contribution is 5.99. The highest BCUT2D eigenvalue weighted by Crippen LogP contribution is 2.31. The average Bonchev–Trinajstić information content (AvgIpc) is 3.26. The van der Waals surface area contributed by atoms with E-state index in [1.165, 1.54) is 6.08 Å². The van der Waals surface area contributed by atoms with Gasteiger partial charge in [-0.25, -0.2) is 0 Å². The fraction of sp³-hybridized carbons (Fsp3) is 0.182. The number of anilines is 1. The number of benzene rings is 2. The van der Waals surface area contributed by atoms with E-state index in [9.17, 15) is 9.59 Å². The second-order valence-corrected chi connectivity index (χ2v) is 6.54. The highest BCUT2D eigenvalue weighted by atomic mass is 16.5. The minimum absolute atomic E-state index is 0.0933. The van der Waals surface area contributed by atoms with Gasteiger partial charge in [-0.2, -0.15) is 4.98 Å². The monoisotopic (exact) mass is 421 g/mol. The van der Waals surface area contributed by atoms with Gasteiger partial charge in [-0.15, -0.1) is 5.10 Å². The fourth-order valence-corrected chi connectivity index (χ4v) is 2.71. The summed E-state index contributed by atoms with van der Waals surface area (Å²) >= 11 is 0. The summed E-state index contributed by atoms with van der Waals surface area (Å²) in [4.78, 5) is 28.7. The van der Waals surface area contributed by atoms with Gasteiger partial charge in [0.1, 0.15) is 6.04 Å². The SMILES string of the molecule is COc1ccc(-c2nc(NC(=O)C(C)NC(=O)/C=C/c3ccccc3)n[nH]2)cc1OC. The van der Waals surface area contributed by atoms with Crippen LogP contribution in [0.25, 0.3) is 17.5 Å². The molecule has 0 saturated carbocycles. The molecule has 0 fully saturated rings. The maximum absolute atomic E-state index is 12.4. The molecule has 0 aliphatic carbocycles. The van der Waals surface area contributed by atoms with E-state index in [1.807, 2.05) is 30.3 Å². The molecule has 3 rings (SSSR count). The van der Waals surface area contributed by atoms with E-state index in [-0.39, 0.29) is 11.9 Å². The van der Waals surface area contributed by atoms with Crippen molar-refractivity contribution >= 4 is 23.8 Å². The summed E-state index contributed by atoms with van der Waals surface area (Å²) in [5, 5.41) is 11.9. The van der Waals surface area contributed by atoms with Crippen molar-refractivity contribution in [2.24, 2.45) is 0 Å². The van der Waals surface area contributed by atoms with Crippen LogP contribution < -0.4 is 20.1 Å². The minimum Gasteiger partial charge on any atom is -0.493 e. The Morgan fingerprint density at radius 2 is 1.81 bits per heavy atom. The van der Waals surface area contributed by atoms with Crippen molar-refractivity contribution in [3.8, 4) is 22.9 Å². The zero-order chi connectivity index (χ0) is 22.2. The number of hydrogen-bond acceptors (Lipinski definition) is 6. The summed E-state index contributed by atoms with van der Waals surface area (Å²) in [6, 6.07) is 13.9. The maximum Gasteiger partial charge on any atom is 0.249 e. The predicted octanol–water partition coefficient (Wildman–Crippen LogP) is 2.65. The molecular formula is C22H23N5O4. The Balaban J connectivity index is 1.59. The lowest BCUT2D eigenvalue weighted by atomic mass is 10.2. The highest BCUT2D eigenvalue weighted by Gasteiger charge is 2.17. The lowest BCUT2D eigenvalue weighted by Crippen LogP contribution is -2.41. The van der Waals surface area contributed by atoms with Gasteiger partial charge < -0.3 is 14.8 Å². The lowest BCUT2D eigenvalue weighted by molar-refractivity contribution is -0.123. The fourth-order valence-electron chi connectivity index (χ4n) is 2.71. The van der Waals surface area contributed by atoms with E-state index in [2.05, 4.69) is 25.8 Å². The number of hydrogen-bond donors (Lipinski definition) is 3. The molecule has 0 aliphatic rings. The van der Waals surface area contributed by atoms with Crippen molar-refractivity contribution in [3.63, 3.8) is 0 Å². The molecule has 0 spiro atoms. The van der Waals surface area contributed by atoms with Gasteiger partial charge in [0.05, 0.1) is 14.2 Å². The third-order valence-corrected chi connectivity index (χ3v) is 4.36. The van der Waals surface area contributed by atoms with Crippen LogP contribution in [-0.2, 0) is 9.59 Å². The van der Waals surface area contributed by atoms with Crippen LogP contribution in [0.3, 0.4) is 0 Å². The van der Waals surface area contributed by atoms with Crippen molar-refractivity contribution in [1.29, 1.82) is 0 Å². The van der Waals surface area contributed by atoms with Crippen LogP contribution in [0.4, 0.5) is 5.95 Å². The topological polar surface area (TPSA) is 118 Å². The number of ether oxygens (including phenoxy) is 2. The number of nitrogens with zero attached hydrogens (tertiary/aromatic N) is 2. The third-order valence-electron chi connectivity index (χ3n) is 4.36. The van der Waals surface area contributed by atoms with Crippen LogP contribution in [0.2, 0.25) is 0 Å². The molecule has 1 aromatic heterocycles. The number of carbonyl (C=O) groups is 2. The molecule has 0 aliphatic heterocycles. The van der Waals surface area contributed by atoms with Crippen molar-refractivity contribution in [3.05, 3.63) is 60.2 Å². The van der Waals surface area contributed by atoms with Gasteiger partial charge in [0, 0.05) is 11.6 Å². The molecule has 3 N–H and O–H groups in total.